The Balaban J connectivity index is 1.75. The quantitative estimate of drug-likeness (QED) is 0.327. The number of carbonyl (C=O) groups excluding carboxylic acids is 1. The SMILES string of the molecule is Cc1ccccc1NC(=O)Cn1c(C)c(Sc2cccc(C(=O)O)c2)c2ccc(Cl)c(F)c21. The van der Waals surface area contributed by atoms with Gasteiger partial charge < -0.3 is 15.0 Å². The van der Waals surface area contributed by atoms with Gasteiger partial charge in [-0.05, 0) is 55.8 Å². The molecule has 2 N–H and O–H groups in total. The number of aromatic carboxylic acids is 1. The molecule has 168 valence electrons. The topological polar surface area (TPSA) is 71.3 Å². The lowest BCUT2D eigenvalue weighted by molar-refractivity contribution is -0.116. The van der Waals surface area contributed by atoms with E-state index in [0.29, 0.717) is 21.7 Å². The zero-order chi connectivity index (χ0) is 23.7. The molecule has 4 rings (SSSR count). The molecule has 0 saturated heterocycles. The number of anilines is 1. The summed E-state index contributed by atoms with van der Waals surface area (Å²) >= 11 is 7.38. The minimum atomic E-state index is -1.03. The van der Waals surface area contributed by atoms with E-state index in [9.17, 15) is 14.7 Å². The third-order valence-electron chi connectivity index (χ3n) is 5.34. The molecule has 0 spiro atoms. The largest absolute Gasteiger partial charge is 0.478 e. The Morgan fingerprint density at radius 2 is 1.85 bits per heavy atom. The molecule has 4 aromatic rings. The molecule has 0 fully saturated rings. The lowest BCUT2D eigenvalue weighted by Gasteiger charge is -2.12. The van der Waals surface area contributed by atoms with Crippen molar-refractivity contribution in [2.45, 2.75) is 30.2 Å². The van der Waals surface area contributed by atoms with Crippen LogP contribution in [-0.2, 0) is 11.3 Å². The van der Waals surface area contributed by atoms with E-state index in [-0.39, 0.29) is 28.6 Å². The Morgan fingerprint density at radius 3 is 2.58 bits per heavy atom. The molecule has 1 heterocycles. The van der Waals surface area contributed by atoms with Crippen molar-refractivity contribution in [3.8, 4) is 0 Å². The summed E-state index contributed by atoms with van der Waals surface area (Å²) in [4.78, 5) is 25.6. The molecule has 5 nitrogen and oxygen atoms in total. The predicted molar refractivity (Wildman–Crippen MR) is 129 cm³/mol. The van der Waals surface area contributed by atoms with Crippen molar-refractivity contribution in [2.24, 2.45) is 0 Å². The van der Waals surface area contributed by atoms with Crippen LogP contribution in [0.2, 0.25) is 5.02 Å². The van der Waals surface area contributed by atoms with Crippen molar-refractivity contribution in [3.05, 3.63) is 88.3 Å². The Labute approximate surface area is 199 Å². The highest BCUT2D eigenvalue weighted by molar-refractivity contribution is 7.99. The van der Waals surface area contributed by atoms with Gasteiger partial charge in [0.2, 0.25) is 5.91 Å². The number of carboxylic acids is 1. The zero-order valence-electron chi connectivity index (χ0n) is 17.9. The highest BCUT2D eigenvalue weighted by Gasteiger charge is 2.22. The number of nitrogens with zero attached hydrogens (tertiary/aromatic N) is 1. The molecule has 0 bridgehead atoms. The second-order valence-corrected chi connectivity index (χ2v) is 9.05. The van der Waals surface area contributed by atoms with Gasteiger partial charge in [-0.25, -0.2) is 9.18 Å². The Morgan fingerprint density at radius 1 is 1.09 bits per heavy atom. The maximum absolute atomic E-state index is 15.1. The van der Waals surface area contributed by atoms with Crippen molar-refractivity contribution in [3.63, 3.8) is 0 Å². The van der Waals surface area contributed by atoms with Crippen molar-refractivity contribution in [1.82, 2.24) is 4.57 Å². The summed E-state index contributed by atoms with van der Waals surface area (Å²) in [7, 11) is 0. The number of aryl methyl sites for hydroxylation is 1. The molecule has 3 aromatic carbocycles. The van der Waals surface area contributed by atoms with Crippen LogP contribution >= 0.6 is 23.4 Å². The molecule has 0 saturated carbocycles. The van der Waals surface area contributed by atoms with E-state index >= 15 is 4.39 Å². The van der Waals surface area contributed by atoms with E-state index in [4.69, 9.17) is 11.6 Å². The number of rotatable bonds is 6. The highest BCUT2D eigenvalue weighted by Crippen LogP contribution is 2.40. The average molecular weight is 483 g/mol. The first kappa shape index (κ1) is 22.9. The number of halogens is 2. The average Bonchev–Trinajstić information content (AvgIpc) is 3.04. The molecule has 0 aliphatic heterocycles. The van der Waals surface area contributed by atoms with Gasteiger partial charge in [0.25, 0.3) is 0 Å². The van der Waals surface area contributed by atoms with E-state index in [1.165, 1.54) is 23.9 Å². The fourth-order valence-electron chi connectivity index (χ4n) is 3.66. The van der Waals surface area contributed by atoms with Gasteiger partial charge in [-0.3, -0.25) is 4.79 Å². The summed E-state index contributed by atoms with van der Waals surface area (Å²) in [5.74, 6) is -1.93. The van der Waals surface area contributed by atoms with Crippen LogP contribution in [0, 0.1) is 19.7 Å². The monoisotopic (exact) mass is 482 g/mol. The highest BCUT2D eigenvalue weighted by atomic mass is 35.5. The first-order valence-electron chi connectivity index (χ1n) is 10.1. The number of benzene rings is 3. The maximum atomic E-state index is 15.1. The lowest BCUT2D eigenvalue weighted by Crippen LogP contribution is -2.20. The van der Waals surface area contributed by atoms with E-state index in [0.717, 1.165) is 10.5 Å². The molecule has 0 unspecified atom stereocenters. The van der Waals surface area contributed by atoms with Crippen LogP contribution in [0.3, 0.4) is 0 Å². The number of amides is 1. The summed E-state index contributed by atoms with van der Waals surface area (Å²) in [6.45, 7) is 3.59. The molecule has 33 heavy (non-hydrogen) atoms. The van der Waals surface area contributed by atoms with Gasteiger partial charge >= 0.3 is 5.97 Å². The first-order chi connectivity index (χ1) is 15.8. The number of hydrogen-bond donors (Lipinski definition) is 2. The summed E-state index contributed by atoms with van der Waals surface area (Å²) in [5.41, 5.74) is 2.68. The summed E-state index contributed by atoms with van der Waals surface area (Å²) in [6.07, 6.45) is 0. The van der Waals surface area contributed by atoms with Crippen LogP contribution in [-0.4, -0.2) is 21.6 Å². The van der Waals surface area contributed by atoms with E-state index in [1.807, 2.05) is 31.2 Å². The number of carbonyl (C=O) groups is 2. The van der Waals surface area contributed by atoms with E-state index in [2.05, 4.69) is 5.32 Å². The smallest absolute Gasteiger partial charge is 0.335 e. The predicted octanol–water partition coefficient (Wildman–Crippen LogP) is 6.54. The van der Waals surface area contributed by atoms with Crippen LogP contribution in [0.15, 0.2) is 70.5 Å². The molecular weight excluding hydrogens is 463 g/mol. The van der Waals surface area contributed by atoms with Gasteiger partial charge in [0, 0.05) is 26.6 Å². The van der Waals surface area contributed by atoms with Crippen LogP contribution in [0.4, 0.5) is 10.1 Å². The Bertz CT molecular complexity index is 1400. The summed E-state index contributed by atoms with van der Waals surface area (Å²) in [5, 5.41) is 12.7. The maximum Gasteiger partial charge on any atom is 0.335 e. The van der Waals surface area contributed by atoms with Crippen LogP contribution < -0.4 is 5.32 Å². The lowest BCUT2D eigenvalue weighted by atomic mass is 10.2. The van der Waals surface area contributed by atoms with Crippen LogP contribution in [0.25, 0.3) is 10.9 Å². The van der Waals surface area contributed by atoms with Crippen molar-refractivity contribution < 1.29 is 19.1 Å². The molecule has 1 aromatic heterocycles. The minimum absolute atomic E-state index is 0.0370. The molecule has 0 aliphatic rings. The number of aromatic nitrogens is 1. The van der Waals surface area contributed by atoms with Gasteiger partial charge in [0.05, 0.1) is 16.1 Å². The molecule has 0 atom stereocenters. The number of fused-ring (bicyclic) bond motifs is 1. The Hall–Kier alpha value is -3.29. The van der Waals surface area contributed by atoms with Crippen molar-refractivity contribution in [2.75, 3.05) is 5.32 Å². The van der Waals surface area contributed by atoms with Crippen LogP contribution in [0.1, 0.15) is 21.6 Å². The van der Waals surface area contributed by atoms with Crippen LogP contribution in [0.5, 0.6) is 0 Å². The van der Waals surface area contributed by atoms with Gasteiger partial charge in [0.1, 0.15) is 6.54 Å². The van der Waals surface area contributed by atoms with Gasteiger partial charge in [-0.1, -0.05) is 47.6 Å². The summed E-state index contributed by atoms with van der Waals surface area (Å²) in [6, 6.07) is 17.1. The number of hydrogen-bond acceptors (Lipinski definition) is 3. The molecule has 8 heteroatoms. The third-order valence-corrected chi connectivity index (χ3v) is 6.84. The van der Waals surface area contributed by atoms with Crippen molar-refractivity contribution >= 4 is 51.8 Å². The minimum Gasteiger partial charge on any atom is -0.478 e. The summed E-state index contributed by atoms with van der Waals surface area (Å²) < 4.78 is 16.7. The molecular formula is C25H20ClFN2O3S. The molecule has 0 radical (unpaired) electrons. The molecule has 1 amide bonds. The second-order valence-electron chi connectivity index (χ2n) is 7.56. The van der Waals surface area contributed by atoms with Gasteiger partial charge in [-0.2, -0.15) is 0 Å². The first-order valence-corrected chi connectivity index (χ1v) is 11.3. The standard InChI is InChI=1S/C25H20ClFN2O3S/c1-14-6-3-4-9-20(14)28-21(30)13-29-15(2)24(18-10-11-19(26)22(27)23(18)29)33-17-8-5-7-16(12-17)25(31)32/h3-12H,13H2,1-2H3,(H,28,30)(H,31,32). The van der Waals surface area contributed by atoms with E-state index in [1.54, 1.807) is 35.8 Å². The third kappa shape index (κ3) is 4.60. The van der Waals surface area contributed by atoms with E-state index < -0.39 is 11.8 Å². The fourth-order valence-corrected chi connectivity index (χ4v) is 4.91. The molecule has 0 aliphatic carbocycles. The number of carboxylic acid groups (broad SMARTS) is 1. The van der Waals surface area contributed by atoms with Crippen molar-refractivity contribution in [1.29, 1.82) is 0 Å². The zero-order valence-corrected chi connectivity index (χ0v) is 19.4. The Kier molecular flexibility index (Phi) is 6.44. The number of para-hydroxylation sites is 1. The van der Waals surface area contributed by atoms with Gasteiger partial charge in [0.15, 0.2) is 5.82 Å². The second kappa shape index (κ2) is 9.29. The number of nitrogens with one attached hydrogen (secondary N) is 1. The van der Waals surface area contributed by atoms with Gasteiger partial charge in [-0.15, -0.1) is 0 Å². The normalized spacial score (nSPS) is 11.0. The fraction of sp³-hybridized carbons (Fsp3) is 0.120.